The van der Waals surface area contributed by atoms with Gasteiger partial charge in [0.15, 0.2) is 5.78 Å². The van der Waals surface area contributed by atoms with Gasteiger partial charge in [-0.05, 0) is 48.6 Å². The molecule has 0 unspecified atom stereocenters. The Morgan fingerprint density at radius 1 is 1.04 bits per heavy atom. The van der Waals surface area contributed by atoms with E-state index >= 15 is 0 Å². The third-order valence-corrected chi connectivity index (χ3v) is 4.11. The molecule has 0 aliphatic heterocycles. The van der Waals surface area contributed by atoms with Crippen LogP contribution in [0.1, 0.15) is 56.0 Å². The standard InChI is InChI=1S/C22H27NO2/c1-4-7-17-9-6-10-18(13-17)19-11-12-21(23-16(3)15-24)20(14-19)22(25)8-5-2/h6,9-14,24H,4-5,7-8,15H2,1-3H3. The van der Waals surface area contributed by atoms with Crippen molar-refractivity contribution in [1.29, 1.82) is 0 Å². The lowest BCUT2D eigenvalue weighted by atomic mass is 9.96. The van der Waals surface area contributed by atoms with Crippen LogP contribution in [-0.4, -0.2) is 23.2 Å². The highest BCUT2D eigenvalue weighted by atomic mass is 16.3. The molecule has 2 aromatic carbocycles. The molecule has 0 aliphatic rings. The monoisotopic (exact) mass is 337 g/mol. The summed E-state index contributed by atoms with van der Waals surface area (Å²) in [5, 5.41) is 9.23. The number of Topliss-reactive ketones (excluding diaryl/α,β-unsaturated/α-hetero) is 1. The van der Waals surface area contributed by atoms with Crippen molar-refractivity contribution in [3.05, 3.63) is 53.6 Å². The van der Waals surface area contributed by atoms with Gasteiger partial charge in [-0.15, -0.1) is 0 Å². The van der Waals surface area contributed by atoms with Gasteiger partial charge in [0.05, 0.1) is 12.3 Å². The van der Waals surface area contributed by atoms with Crippen LogP contribution in [0.3, 0.4) is 0 Å². The summed E-state index contributed by atoms with van der Waals surface area (Å²) in [5.74, 6) is 0.0959. The van der Waals surface area contributed by atoms with Crippen LogP contribution in [-0.2, 0) is 6.42 Å². The zero-order chi connectivity index (χ0) is 18.2. The molecule has 1 N–H and O–H groups in total. The van der Waals surface area contributed by atoms with Crippen LogP contribution in [0.5, 0.6) is 0 Å². The molecule has 132 valence electrons. The molecule has 0 saturated heterocycles. The molecule has 0 atom stereocenters. The first kappa shape index (κ1) is 19.1. The Morgan fingerprint density at radius 3 is 2.48 bits per heavy atom. The molecule has 3 heteroatoms. The molecule has 0 bridgehead atoms. The van der Waals surface area contributed by atoms with E-state index in [1.807, 2.05) is 25.1 Å². The summed E-state index contributed by atoms with van der Waals surface area (Å²) in [6.45, 7) is 5.82. The molecule has 25 heavy (non-hydrogen) atoms. The van der Waals surface area contributed by atoms with Crippen LogP contribution in [0.4, 0.5) is 5.69 Å². The summed E-state index contributed by atoms with van der Waals surface area (Å²) in [6.07, 6.45) is 3.46. The molecule has 0 spiro atoms. The highest BCUT2D eigenvalue weighted by Crippen LogP contribution is 2.29. The summed E-state index contributed by atoms with van der Waals surface area (Å²) < 4.78 is 0. The fourth-order valence-electron chi connectivity index (χ4n) is 2.83. The SMILES string of the molecule is CCCC(=O)c1cc(-c2cccc(CCC)c2)ccc1N=C(C)CO. The van der Waals surface area contributed by atoms with Crippen LogP contribution >= 0.6 is 0 Å². The van der Waals surface area contributed by atoms with Crippen molar-refractivity contribution in [3.8, 4) is 11.1 Å². The van der Waals surface area contributed by atoms with Gasteiger partial charge in [-0.3, -0.25) is 9.79 Å². The molecule has 0 fully saturated rings. The van der Waals surface area contributed by atoms with Crippen LogP contribution in [0.2, 0.25) is 0 Å². The Morgan fingerprint density at radius 2 is 1.80 bits per heavy atom. The van der Waals surface area contributed by atoms with Crippen LogP contribution < -0.4 is 0 Å². The van der Waals surface area contributed by atoms with Gasteiger partial charge in [-0.25, -0.2) is 0 Å². The maximum Gasteiger partial charge on any atom is 0.165 e. The number of aliphatic hydroxyl groups is 1. The highest BCUT2D eigenvalue weighted by molar-refractivity contribution is 6.03. The summed E-state index contributed by atoms with van der Waals surface area (Å²) >= 11 is 0. The van der Waals surface area contributed by atoms with E-state index in [2.05, 4.69) is 36.2 Å². The number of aliphatic imine (C=N–C) groups is 1. The molecule has 0 radical (unpaired) electrons. The number of rotatable bonds is 8. The topological polar surface area (TPSA) is 49.7 Å². The molecule has 3 nitrogen and oxygen atoms in total. The van der Waals surface area contributed by atoms with E-state index in [0.29, 0.717) is 23.4 Å². The maximum absolute atomic E-state index is 12.6. The first-order valence-corrected chi connectivity index (χ1v) is 9.00. The van der Waals surface area contributed by atoms with E-state index in [1.54, 1.807) is 6.92 Å². The number of hydrogen-bond acceptors (Lipinski definition) is 3. The average molecular weight is 337 g/mol. The molecule has 0 amide bonds. The van der Waals surface area contributed by atoms with Gasteiger partial charge in [0, 0.05) is 17.7 Å². The van der Waals surface area contributed by atoms with Gasteiger partial charge in [0.25, 0.3) is 0 Å². The van der Waals surface area contributed by atoms with E-state index in [1.165, 1.54) is 5.56 Å². The summed E-state index contributed by atoms with van der Waals surface area (Å²) in [5.41, 5.74) is 5.32. The van der Waals surface area contributed by atoms with Crippen molar-refractivity contribution in [3.63, 3.8) is 0 Å². The zero-order valence-electron chi connectivity index (χ0n) is 15.4. The van der Waals surface area contributed by atoms with Gasteiger partial charge >= 0.3 is 0 Å². The normalized spacial score (nSPS) is 11.6. The predicted molar refractivity (Wildman–Crippen MR) is 105 cm³/mol. The number of benzene rings is 2. The second kappa shape index (κ2) is 9.28. The number of hydrogen-bond donors (Lipinski definition) is 1. The summed E-state index contributed by atoms with van der Waals surface area (Å²) in [4.78, 5) is 17.0. The second-order valence-corrected chi connectivity index (χ2v) is 6.36. The number of carbonyl (C=O) groups excluding carboxylic acids is 1. The molecule has 2 aromatic rings. The minimum Gasteiger partial charge on any atom is -0.390 e. The van der Waals surface area contributed by atoms with Crippen LogP contribution in [0.15, 0.2) is 47.5 Å². The average Bonchev–Trinajstić information content (AvgIpc) is 2.62. The Labute approximate surface area is 150 Å². The number of ketones is 1. The number of aliphatic hydroxyl groups excluding tert-OH is 1. The van der Waals surface area contributed by atoms with Crippen LogP contribution in [0, 0.1) is 0 Å². The van der Waals surface area contributed by atoms with Gasteiger partial charge in [0.1, 0.15) is 0 Å². The van der Waals surface area contributed by atoms with Crippen molar-refractivity contribution >= 4 is 17.2 Å². The number of carbonyl (C=O) groups is 1. The lowest BCUT2D eigenvalue weighted by Crippen LogP contribution is -2.02. The molecule has 0 aliphatic carbocycles. The molecule has 0 heterocycles. The van der Waals surface area contributed by atoms with Gasteiger partial charge in [-0.1, -0.05) is 50.6 Å². The van der Waals surface area contributed by atoms with Crippen LogP contribution in [0.25, 0.3) is 11.1 Å². The molecular formula is C22H27NO2. The second-order valence-electron chi connectivity index (χ2n) is 6.36. The Kier molecular flexibility index (Phi) is 7.08. The highest BCUT2D eigenvalue weighted by Gasteiger charge is 2.13. The minimum atomic E-state index is -0.109. The molecule has 0 aromatic heterocycles. The van der Waals surface area contributed by atoms with Crippen molar-refractivity contribution in [2.45, 2.75) is 46.5 Å². The fourth-order valence-corrected chi connectivity index (χ4v) is 2.83. The van der Waals surface area contributed by atoms with Crippen molar-refractivity contribution in [2.75, 3.05) is 6.61 Å². The zero-order valence-corrected chi connectivity index (χ0v) is 15.4. The smallest absolute Gasteiger partial charge is 0.165 e. The number of nitrogens with zero attached hydrogens (tertiary/aromatic N) is 1. The number of aryl methyl sites for hydroxylation is 1. The van der Waals surface area contributed by atoms with Gasteiger partial charge < -0.3 is 5.11 Å². The van der Waals surface area contributed by atoms with E-state index < -0.39 is 0 Å². The largest absolute Gasteiger partial charge is 0.390 e. The van der Waals surface area contributed by atoms with E-state index in [4.69, 9.17) is 0 Å². The van der Waals surface area contributed by atoms with E-state index in [9.17, 15) is 9.90 Å². The fraction of sp³-hybridized carbons (Fsp3) is 0.364. The Balaban J connectivity index is 2.49. The third-order valence-electron chi connectivity index (χ3n) is 4.11. The van der Waals surface area contributed by atoms with Crippen molar-refractivity contribution < 1.29 is 9.90 Å². The molecule has 0 saturated carbocycles. The van der Waals surface area contributed by atoms with E-state index in [-0.39, 0.29) is 12.4 Å². The maximum atomic E-state index is 12.6. The van der Waals surface area contributed by atoms with Crippen molar-refractivity contribution in [2.24, 2.45) is 4.99 Å². The minimum absolute atomic E-state index is 0.0959. The quantitative estimate of drug-likeness (QED) is 0.520. The predicted octanol–water partition coefficient (Wildman–Crippen LogP) is 5.37. The molecule has 2 rings (SSSR count). The Hall–Kier alpha value is -2.26. The van der Waals surface area contributed by atoms with Gasteiger partial charge in [-0.2, -0.15) is 0 Å². The third kappa shape index (κ3) is 5.10. The summed E-state index contributed by atoms with van der Waals surface area (Å²) in [7, 11) is 0. The lowest BCUT2D eigenvalue weighted by Gasteiger charge is -2.10. The van der Waals surface area contributed by atoms with Crippen molar-refractivity contribution in [1.82, 2.24) is 0 Å². The Bertz CT molecular complexity index is 762. The molecular weight excluding hydrogens is 310 g/mol. The lowest BCUT2D eigenvalue weighted by molar-refractivity contribution is 0.0982. The van der Waals surface area contributed by atoms with Gasteiger partial charge in [0.2, 0.25) is 0 Å². The van der Waals surface area contributed by atoms with E-state index in [0.717, 1.165) is 30.4 Å². The first-order valence-electron chi connectivity index (χ1n) is 9.00. The summed E-state index contributed by atoms with van der Waals surface area (Å²) in [6, 6.07) is 14.3. The first-order chi connectivity index (χ1) is 12.1.